The number of thiazole rings is 1. The average molecular weight is 296 g/mol. The Bertz CT molecular complexity index is 569. The Morgan fingerprint density at radius 3 is 2.80 bits per heavy atom. The first-order valence-electron chi connectivity index (χ1n) is 6.69. The Balaban J connectivity index is 2.21. The summed E-state index contributed by atoms with van der Waals surface area (Å²) in [5, 5.41) is 4.35. The molecule has 1 aromatic carbocycles. The highest BCUT2D eigenvalue weighted by Crippen LogP contribution is 2.25. The van der Waals surface area contributed by atoms with Crippen LogP contribution < -0.4 is 5.32 Å². The van der Waals surface area contributed by atoms with E-state index in [1.807, 2.05) is 13.1 Å². The lowest BCUT2D eigenvalue weighted by Crippen LogP contribution is -2.23. The SMILES string of the molecule is CCCNC(Cc1cc(F)ccc1F)c1cnc(C)s1. The molecule has 0 fully saturated rings. The van der Waals surface area contributed by atoms with Gasteiger partial charge >= 0.3 is 0 Å². The molecule has 108 valence electrons. The molecule has 5 heteroatoms. The second kappa shape index (κ2) is 6.90. The molecule has 0 saturated heterocycles. The Hall–Kier alpha value is -1.33. The highest BCUT2D eigenvalue weighted by molar-refractivity contribution is 7.11. The molecule has 1 heterocycles. The first-order valence-corrected chi connectivity index (χ1v) is 7.51. The molecule has 0 radical (unpaired) electrons. The topological polar surface area (TPSA) is 24.9 Å². The molecule has 20 heavy (non-hydrogen) atoms. The maximum atomic E-state index is 13.8. The Labute approximate surface area is 121 Å². The van der Waals surface area contributed by atoms with E-state index in [0.717, 1.165) is 28.9 Å². The fourth-order valence-electron chi connectivity index (χ4n) is 2.05. The van der Waals surface area contributed by atoms with Gasteiger partial charge in [0.15, 0.2) is 0 Å². The van der Waals surface area contributed by atoms with E-state index in [0.29, 0.717) is 12.0 Å². The summed E-state index contributed by atoms with van der Waals surface area (Å²) in [7, 11) is 0. The minimum atomic E-state index is -0.406. The Morgan fingerprint density at radius 2 is 2.15 bits per heavy atom. The van der Waals surface area contributed by atoms with Crippen LogP contribution >= 0.6 is 11.3 Å². The molecule has 1 N–H and O–H groups in total. The third-order valence-corrected chi connectivity index (χ3v) is 4.08. The summed E-state index contributed by atoms with van der Waals surface area (Å²) in [6, 6.07) is 3.56. The standard InChI is InChI=1S/C15H18F2N2S/c1-3-6-18-14(15-9-19-10(2)20-15)8-11-7-12(16)4-5-13(11)17/h4-5,7,9,14,18H,3,6,8H2,1-2H3. The van der Waals surface area contributed by atoms with Crippen molar-refractivity contribution in [3.63, 3.8) is 0 Å². The normalized spacial score (nSPS) is 12.6. The van der Waals surface area contributed by atoms with Crippen molar-refractivity contribution in [1.29, 1.82) is 0 Å². The monoisotopic (exact) mass is 296 g/mol. The molecule has 0 saturated carbocycles. The summed E-state index contributed by atoms with van der Waals surface area (Å²) in [5.41, 5.74) is 0.393. The largest absolute Gasteiger partial charge is 0.309 e. The van der Waals surface area contributed by atoms with Gasteiger partial charge in [0, 0.05) is 17.1 Å². The molecule has 1 unspecified atom stereocenters. The molecule has 0 spiro atoms. The van der Waals surface area contributed by atoms with Crippen LogP contribution in [0.15, 0.2) is 24.4 Å². The van der Waals surface area contributed by atoms with E-state index in [2.05, 4.69) is 17.2 Å². The Kier molecular flexibility index (Phi) is 5.20. The van der Waals surface area contributed by atoms with Crippen LogP contribution in [-0.4, -0.2) is 11.5 Å². The van der Waals surface area contributed by atoms with Gasteiger partial charge < -0.3 is 5.32 Å². The zero-order valence-corrected chi connectivity index (χ0v) is 12.4. The number of hydrogen-bond acceptors (Lipinski definition) is 3. The van der Waals surface area contributed by atoms with Gasteiger partial charge in [0.1, 0.15) is 11.6 Å². The van der Waals surface area contributed by atoms with Crippen molar-refractivity contribution in [2.45, 2.75) is 32.7 Å². The summed E-state index contributed by atoms with van der Waals surface area (Å²) in [6.45, 7) is 4.84. The first-order chi connectivity index (χ1) is 9.60. The number of hydrogen-bond donors (Lipinski definition) is 1. The smallest absolute Gasteiger partial charge is 0.126 e. The minimum absolute atomic E-state index is 0.0301. The van der Waals surface area contributed by atoms with E-state index in [1.165, 1.54) is 12.1 Å². The van der Waals surface area contributed by atoms with Crippen molar-refractivity contribution < 1.29 is 8.78 Å². The molecule has 2 aromatic rings. The van der Waals surface area contributed by atoms with Gasteiger partial charge in [-0.3, -0.25) is 0 Å². The molecule has 0 aliphatic carbocycles. The van der Waals surface area contributed by atoms with E-state index < -0.39 is 5.82 Å². The number of halogens is 2. The molecule has 2 nitrogen and oxygen atoms in total. The lowest BCUT2D eigenvalue weighted by Gasteiger charge is -2.17. The van der Waals surface area contributed by atoms with Crippen molar-refractivity contribution in [2.24, 2.45) is 0 Å². The number of rotatable bonds is 6. The van der Waals surface area contributed by atoms with E-state index in [4.69, 9.17) is 0 Å². The fraction of sp³-hybridized carbons (Fsp3) is 0.400. The van der Waals surface area contributed by atoms with Crippen LogP contribution in [0.4, 0.5) is 8.78 Å². The fourth-order valence-corrected chi connectivity index (χ4v) is 2.91. The third-order valence-electron chi connectivity index (χ3n) is 3.06. The zero-order valence-electron chi connectivity index (χ0n) is 11.6. The van der Waals surface area contributed by atoms with Crippen LogP contribution in [0.2, 0.25) is 0 Å². The summed E-state index contributed by atoms with van der Waals surface area (Å²) in [6.07, 6.45) is 3.22. The van der Waals surface area contributed by atoms with Crippen LogP contribution in [0, 0.1) is 18.6 Å². The van der Waals surface area contributed by atoms with E-state index >= 15 is 0 Å². The van der Waals surface area contributed by atoms with E-state index in [1.54, 1.807) is 11.3 Å². The second-order valence-electron chi connectivity index (χ2n) is 4.73. The number of nitrogens with one attached hydrogen (secondary N) is 1. The molecule has 0 bridgehead atoms. The quantitative estimate of drug-likeness (QED) is 0.871. The summed E-state index contributed by atoms with van der Waals surface area (Å²) in [4.78, 5) is 5.29. The van der Waals surface area contributed by atoms with Gasteiger partial charge in [0.25, 0.3) is 0 Å². The summed E-state index contributed by atoms with van der Waals surface area (Å²) >= 11 is 1.59. The molecule has 2 rings (SSSR count). The number of aromatic nitrogens is 1. The molecule has 0 aliphatic heterocycles. The molecule has 0 amide bonds. The van der Waals surface area contributed by atoms with Gasteiger partial charge in [-0.2, -0.15) is 0 Å². The van der Waals surface area contributed by atoms with Gasteiger partial charge in [0.05, 0.1) is 5.01 Å². The zero-order chi connectivity index (χ0) is 14.5. The maximum absolute atomic E-state index is 13.8. The van der Waals surface area contributed by atoms with E-state index in [-0.39, 0.29) is 11.9 Å². The lowest BCUT2D eigenvalue weighted by molar-refractivity contribution is 0.514. The van der Waals surface area contributed by atoms with Crippen molar-refractivity contribution in [3.8, 4) is 0 Å². The Morgan fingerprint density at radius 1 is 1.35 bits per heavy atom. The van der Waals surface area contributed by atoms with Gasteiger partial charge in [-0.15, -0.1) is 11.3 Å². The highest BCUT2D eigenvalue weighted by atomic mass is 32.1. The van der Waals surface area contributed by atoms with Gasteiger partial charge in [-0.25, -0.2) is 13.8 Å². The van der Waals surface area contributed by atoms with Crippen LogP contribution in [0.3, 0.4) is 0 Å². The van der Waals surface area contributed by atoms with Crippen molar-refractivity contribution in [1.82, 2.24) is 10.3 Å². The van der Waals surface area contributed by atoms with Crippen molar-refractivity contribution in [2.75, 3.05) is 6.54 Å². The van der Waals surface area contributed by atoms with Crippen molar-refractivity contribution in [3.05, 3.63) is 51.5 Å². The van der Waals surface area contributed by atoms with Gasteiger partial charge in [0.2, 0.25) is 0 Å². The number of aryl methyl sites for hydroxylation is 1. The van der Waals surface area contributed by atoms with Crippen LogP contribution in [-0.2, 0) is 6.42 Å². The van der Waals surface area contributed by atoms with Gasteiger partial charge in [-0.05, 0) is 50.1 Å². The highest BCUT2D eigenvalue weighted by Gasteiger charge is 2.16. The van der Waals surface area contributed by atoms with Crippen LogP contribution in [0.5, 0.6) is 0 Å². The van der Waals surface area contributed by atoms with Crippen molar-refractivity contribution >= 4 is 11.3 Å². The summed E-state index contributed by atoms with van der Waals surface area (Å²) < 4.78 is 27.0. The van der Waals surface area contributed by atoms with E-state index in [9.17, 15) is 8.78 Å². The van der Waals surface area contributed by atoms with Crippen LogP contribution in [0.25, 0.3) is 0 Å². The molecular weight excluding hydrogens is 278 g/mol. The minimum Gasteiger partial charge on any atom is -0.309 e. The lowest BCUT2D eigenvalue weighted by atomic mass is 10.0. The number of benzene rings is 1. The predicted octanol–water partition coefficient (Wildman–Crippen LogP) is 4.01. The first kappa shape index (κ1) is 15.1. The average Bonchev–Trinajstić information content (AvgIpc) is 2.85. The second-order valence-corrected chi connectivity index (χ2v) is 5.99. The van der Waals surface area contributed by atoms with Gasteiger partial charge in [-0.1, -0.05) is 6.92 Å². The molecule has 1 atom stereocenters. The molecule has 0 aliphatic rings. The molecule has 1 aromatic heterocycles. The molecular formula is C15H18F2N2S. The number of nitrogens with zero attached hydrogens (tertiary/aromatic N) is 1. The third kappa shape index (κ3) is 3.84. The summed E-state index contributed by atoms with van der Waals surface area (Å²) in [5.74, 6) is -0.771. The maximum Gasteiger partial charge on any atom is 0.126 e. The predicted molar refractivity (Wildman–Crippen MR) is 77.9 cm³/mol. The van der Waals surface area contributed by atoms with Crippen LogP contribution in [0.1, 0.15) is 34.8 Å².